The van der Waals surface area contributed by atoms with Crippen LogP contribution in [0.2, 0.25) is 0 Å². The van der Waals surface area contributed by atoms with Crippen molar-refractivity contribution in [3.8, 4) is 11.4 Å². The standard InChI is InChI=1S/C18H21N7/c1-3-14(22-16(4-1)21-13-7-8-19-11-13)15-12-20-17-5-6-18(23-25(15)17)24-9-2-10-24/h1,3-6,12-13,19H,2,7-11H2,(H,21,22). The zero-order valence-electron chi connectivity index (χ0n) is 14.0. The molecule has 1 atom stereocenters. The highest BCUT2D eigenvalue weighted by molar-refractivity contribution is 5.62. The average Bonchev–Trinajstić information content (AvgIpc) is 3.23. The van der Waals surface area contributed by atoms with Crippen LogP contribution in [0.5, 0.6) is 0 Å². The van der Waals surface area contributed by atoms with Gasteiger partial charge in [0.15, 0.2) is 5.65 Å². The Labute approximate surface area is 146 Å². The molecular formula is C18H21N7. The van der Waals surface area contributed by atoms with Crippen molar-refractivity contribution in [2.75, 3.05) is 36.4 Å². The minimum atomic E-state index is 0.445. The number of hydrogen-bond acceptors (Lipinski definition) is 6. The molecule has 1 unspecified atom stereocenters. The Kier molecular flexibility index (Phi) is 3.52. The molecule has 25 heavy (non-hydrogen) atoms. The molecule has 0 amide bonds. The lowest BCUT2D eigenvalue weighted by Gasteiger charge is -2.31. The molecule has 7 heteroatoms. The fraction of sp³-hybridized carbons (Fsp3) is 0.389. The maximum absolute atomic E-state index is 4.78. The van der Waals surface area contributed by atoms with E-state index in [0.717, 1.165) is 61.3 Å². The smallest absolute Gasteiger partial charge is 0.154 e. The first-order valence-electron chi connectivity index (χ1n) is 8.91. The maximum Gasteiger partial charge on any atom is 0.154 e. The number of nitrogens with one attached hydrogen (secondary N) is 2. The number of fused-ring (bicyclic) bond motifs is 1. The second-order valence-corrected chi connectivity index (χ2v) is 6.69. The van der Waals surface area contributed by atoms with Gasteiger partial charge in [-0.05, 0) is 43.7 Å². The summed E-state index contributed by atoms with van der Waals surface area (Å²) in [4.78, 5) is 11.5. The highest BCUT2D eigenvalue weighted by atomic mass is 15.3. The Morgan fingerprint density at radius 2 is 2.12 bits per heavy atom. The van der Waals surface area contributed by atoms with Crippen molar-refractivity contribution in [1.29, 1.82) is 0 Å². The van der Waals surface area contributed by atoms with E-state index in [-0.39, 0.29) is 0 Å². The normalized spacial score (nSPS) is 20.0. The third-order valence-corrected chi connectivity index (χ3v) is 4.95. The summed E-state index contributed by atoms with van der Waals surface area (Å²) >= 11 is 0. The summed E-state index contributed by atoms with van der Waals surface area (Å²) in [6.07, 6.45) is 4.22. The van der Waals surface area contributed by atoms with E-state index in [1.165, 1.54) is 6.42 Å². The predicted octanol–water partition coefficient (Wildman–Crippen LogP) is 1.78. The van der Waals surface area contributed by atoms with Gasteiger partial charge >= 0.3 is 0 Å². The van der Waals surface area contributed by atoms with E-state index in [2.05, 4.69) is 20.5 Å². The van der Waals surface area contributed by atoms with Gasteiger partial charge < -0.3 is 15.5 Å². The summed E-state index contributed by atoms with van der Waals surface area (Å²) in [7, 11) is 0. The quantitative estimate of drug-likeness (QED) is 0.757. The van der Waals surface area contributed by atoms with Crippen molar-refractivity contribution in [2.45, 2.75) is 18.9 Å². The molecule has 5 heterocycles. The zero-order chi connectivity index (χ0) is 16.6. The van der Waals surface area contributed by atoms with Gasteiger partial charge in [0.1, 0.15) is 17.3 Å². The lowest BCUT2D eigenvalue weighted by atomic mass is 10.2. The van der Waals surface area contributed by atoms with E-state index in [1.54, 1.807) is 0 Å². The Morgan fingerprint density at radius 3 is 2.92 bits per heavy atom. The van der Waals surface area contributed by atoms with Gasteiger partial charge in [0.25, 0.3) is 0 Å². The summed E-state index contributed by atoms with van der Waals surface area (Å²) in [5.41, 5.74) is 2.65. The third kappa shape index (κ3) is 2.70. The molecule has 0 bridgehead atoms. The van der Waals surface area contributed by atoms with Crippen molar-refractivity contribution >= 4 is 17.3 Å². The van der Waals surface area contributed by atoms with Gasteiger partial charge in [-0.1, -0.05) is 6.07 Å². The summed E-state index contributed by atoms with van der Waals surface area (Å²) < 4.78 is 1.90. The van der Waals surface area contributed by atoms with Crippen LogP contribution in [0, 0.1) is 0 Å². The summed E-state index contributed by atoms with van der Waals surface area (Å²) in [5, 5.41) is 11.7. The van der Waals surface area contributed by atoms with Crippen molar-refractivity contribution in [3.63, 3.8) is 0 Å². The van der Waals surface area contributed by atoms with Crippen LogP contribution in [-0.4, -0.2) is 51.8 Å². The molecule has 0 radical (unpaired) electrons. The van der Waals surface area contributed by atoms with Gasteiger partial charge in [-0.3, -0.25) is 0 Å². The van der Waals surface area contributed by atoms with E-state index < -0.39 is 0 Å². The molecule has 2 fully saturated rings. The second-order valence-electron chi connectivity index (χ2n) is 6.69. The Morgan fingerprint density at radius 1 is 1.16 bits per heavy atom. The van der Waals surface area contributed by atoms with Crippen molar-refractivity contribution in [1.82, 2.24) is 24.9 Å². The van der Waals surface area contributed by atoms with E-state index in [9.17, 15) is 0 Å². The predicted molar refractivity (Wildman–Crippen MR) is 97.9 cm³/mol. The van der Waals surface area contributed by atoms with E-state index in [0.29, 0.717) is 6.04 Å². The number of pyridine rings is 1. The van der Waals surface area contributed by atoms with Gasteiger partial charge in [-0.25, -0.2) is 14.5 Å². The van der Waals surface area contributed by atoms with Gasteiger partial charge in [-0.15, -0.1) is 5.10 Å². The molecule has 2 N–H and O–H groups in total. The van der Waals surface area contributed by atoms with Crippen molar-refractivity contribution < 1.29 is 0 Å². The van der Waals surface area contributed by atoms with E-state index >= 15 is 0 Å². The molecular weight excluding hydrogens is 314 g/mol. The monoisotopic (exact) mass is 335 g/mol. The van der Waals surface area contributed by atoms with Gasteiger partial charge in [-0.2, -0.15) is 0 Å². The van der Waals surface area contributed by atoms with Crippen LogP contribution < -0.4 is 15.5 Å². The van der Waals surface area contributed by atoms with Crippen molar-refractivity contribution in [2.24, 2.45) is 0 Å². The molecule has 5 rings (SSSR count). The van der Waals surface area contributed by atoms with Crippen LogP contribution in [0.4, 0.5) is 11.6 Å². The van der Waals surface area contributed by atoms with E-state index in [4.69, 9.17) is 10.1 Å². The number of aromatic nitrogens is 4. The molecule has 0 aromatic carbocycles. The molecule has 2 aliphatic heterocycles. The molecule has 7 nitrogen and oxygen atoms in total. The molecule has 3 aromatic heterocycles. The Bertz CT molecular complexity index is 893. The fourth-order valence-electron chi connectivity index (χ4n) is 3.40. The first-order valence-corrected chi connectivity index (χ1v) is 8.91. The molecule has 0 spiro atoms. The lowest BCUT2D eigenvalue weighted by Crippen LogP contribution is -2.37. The molecule has 0 saturated carbocycles. The zero-order valence-corrected chi connectivity index (χ0v) is 14.0. The third-order valence-electron chi connectivity index (χ3n) is 4.95. The molecule has 3 aromatic rings. The van der Waals surface area contributed by atoms with Gasteiger partial charge in [0.05, 0.1) is 11.9 Å². The number of imidazole rings is 1. The highest BCUT2D eigenvalue weighted by Crippen LogP contribution is 2.23. The van der Waals surface area contributed by atoms with Crippen LogP contribution in [-0.2, 0) is 0 Å². The molecule has 2 saturated heterocycles. The average molecular weight is 335 g/mol. The SMILES string of the molecule is c1cc(NC2CCNC2)nc(-c2cnc3ccc(N4CCC4)nn23)c1. The number of anilines is 2. The Hall–Kier alpha value is -2.67. The van der Waals surface area contributed by atoms with Crippen LogP contribution in [0.25, 0.3) is 17.0 Å². The van der Waals surface area contributed by atoms with Gasteiger partial charge in [0, 0.05) is 25.7 Å². The topological polar surface area (TPSA) is 70.4 Å². The Balaban J connectivity index is 1.49. The maximum atomic E-state index is 4.78. The number of hydrogen-bond donors (Lipinski definition) is 2. The molecule has 0 aliphatic carbocycles. The first-order chi connectivity index (χ1) is 12.4. The van der Waals surface area contributed by atoms with Crippen LogP contribution in [0.1, 0.15) is 12.8 Å². The summed E-state index contributed by atoms with van der Waals surface area (Å²) in [6.45, 7) is 4.21. The second kappa shape index (κ2) is 6.00. The number of rotatable bonds is 4. The van der Waals surface area contributed by atoms with E-state index in [1.807, 2.05) is 41.0 Å². The first kappa shape index (κ1) is 14.7. The lowest BCUT2D eigenvalue weighted by molar-refractivity contribution is 0.603. The molecule has 2 aliphatic rings. The van der Waals surface area contributed by atoms with Crippen LogP contribution >= 0.6 is 0 Å². The number of nitrogens with zero attached hydrogens (tertiary/aromatic N) is 5. The summed E-state index contributed by atoms with van der Waals surface area (Å²) in [6, 6.07) is 10.6. The largest absolute Gasteiger partial charge is 0.366 e. The molecule has 128 valence electrons. The highest BCUT2D eigenvalue weighted by Gasteiger charge is 2.18. The van der Waals surface area contributed by atoms with Crippen LogP contribution in [0.15, 0.2) is 36.5 Å². The van der Waals surface area contributed by atoms with Crippen molar-refractivity contribution in [3.05, 3.63) is 36.5 Å². The summed E-state index contributed by atoms with van der Waals surface area (Å²) in [5.74, 6) is 1.91. The van der Waals surface area contributed by atoms with Crippen LogP contribution in [0.3, 0.4) is 0 Å². The minimum absolute atomic E-state index is 0.445. The van der Waals surface area contributed by atoms with Gasteiger partial charge in [0.2, 0.25) is 0 Å². The minimum Gasteiger partial charge on any atom is -0.366 e. The fourth-order valence-corrected chi connectivity index (χ4v) is 3.40.